The lowest BCUT2D eigenvalue weighted by atomic mass is 10.1. The number of para-hydroxylation sites is 1. The van der Waals surface area contributed by atoms with Crippen molar-refractivity contribution in [2.75, 3.05) is 23.2 Å². The van der Waals surface area contributed by atoms with Gasteiger partial charge in [0.1, 0.15) is 0 Å². The lowest BCUT2D eigenvalue weighted by Gasteiger charge is -2.14. The molecule has 1 aliphatic heterocycles. The van der Waals surface area contributed by atoms with Crippen molar-refractivity contribution in [2.24, 2.45) is 0 Å². The van der Waals surface area contributed by atoms with Crippen LogP contribution in [-0.4, -0.2) is 39.5 Å². The number of hydrogen-bond donors (Lipinski definition) is 3. The van der Waals surface area contributed by atoms with Gasteiger partial charge in [0.15, 0.2) is 0 Å². The third kappa shape index (κ3) is 6.26. The number of rotatable bonds is 8. The summed E-state index contributed by atoms with van der Waals surface area (Å²) in [6.45, 7) is 3.00. The summed E-state index contributed by atoms with van der Waals surface area (Å²) in [6, 6.07) is 19.3. The number of benzene rings is 3. The summed E-state index contributed by atoms with van der Waals surface area (Å²) in [5, 5.41) is 5.62. The Hall–Kier alpha value is -3.69. The van der Waals surface area contributed by atoms with E-state index in [9.17, 15) is 18.0 Å². The quantitative estimate of drug-likeness (QED) is 0.440. The number of sulfonamides is 1. The Balaban J connectivity index is 1.40. The molecule has 0 spiro atoms. The van der Waals surface area contributed by atoms with Gasteiger partial charge >= 0.3 is 0 Å². The molecule has 2 amide bonds. The molecule has 0 aromatic heterocycles. The van der Waals surface area contributed by atoms with Gasteiger partial charge in [-0.3, -0.25) is 14.3 Å². The molecule has 1 aliphatic rings. The zero-order valence-corrected chi connectivity index (χ0v) is 20.1. The van der Waals surface area contributed by atoms with E-state index in [1.54, 1.807) is 36.4 Å². The standard InChI is InChI=1S/C26H27N3O5S/c1-18-8-14-22(15-9-18)35(32,33)29-20-12-10-19(11-13-20)25(30)28-24-7-3-2-6-23(24)26(31)27-17-21-5-4-16-34-21/h2-3,6-15,21,29H,4-5,16-17H2,1H3,(H,27,31)(H,28,30)/t21-/m0/s1. The van der Waals surface area contributed by atoms with Crippen LogP contribution >= 0.6 is 0 Å². The minimum Gasteiger partial charge on any atom is -0.376 e. The molecule has 35 heavy (non-hydrogen) atoms. The fourth-order valence-corrected chi connectivity index (χ4v) is 4.77. The SMILES string of the molecule is Cc1ccc(S(=O)(=O)Nc2ccc(C(=O)Nc3ccccc3C(=O)NC[C@@H]3CCCO3)cc2)cc1. The highest BCUT2D eigenvalue weighted by atomic mass is 32.2. The highest BCUT2D eigenvalue weighted by molar-refractivity contribution is 7.92. The van der Waals surface area contributed by atoms with Gasteiger partial charge in [0.2, 0.25) is 0 Å². The molecule has 1 heterocycles. The Morgan fingerprint density at radius 1 is 0.943 bits per heavy atom. The molecule has 3 aromatic carbocycles. The Bertz CT molecular complexity index is 1300. The number of anilines is 2. The van der Waals surface area contributed by atoms with Gasteiger partial charge in [-0.1, -0.05) is 29.8 Å². The van der Waals surface area contributed by atoms with Gasteiger partial charge in [-0.15, -0.1) is 0 Å². The van der Waals surface area contributed by atoms with Crippen molar-refractivity contribution in [1.82, 2.24) is 5.32 Å². The molecule has 4 rings (SSSR count). The van der Waals surface area contributed by atoms with E-state index < -0.39 is 15.9 Å². The zero-order valence-electron chi connectivity index (χ0n) is 19.3. The Morgan fingerprint density at radius 2 is 1.66 bits per heavy atom. The van der Waals surface area contributed by atoms with Crippen LogP contribution in [0.15, 0.2) is 77.7 Å². The van der Waals surface area contributed by atoms with Crippen molar-refractivity contribution < 1.29 is 22.7 Å². The van der Waals surface area contributed by atoms with E-state index in [0.717, 1.165) is 18.4 Å². The predicted molar refractivity (Wildman–Crippen MR) is 134 cm³/mol. The number of aryl methyl sites for hydroxylation is 1. The molecule has 1 atom stereocenters. The smallest absolute Gasteiger partial charge is 0.261 e. The number of carbonyl (C=O) groups is 2. The molecule has 0 aliphatic carbocycles. The number of nitrogens with one attached hydrogen (secondary N) is 3. The van der Waals surface area contributed by atoms with Crippen LogP contribution in [0, 0.1) is 6.92 Å². The van der Waals surface area contributed by atoms with Crippen LogP contribution in [0.1, 0.15) is 39.1 Å². The topological polar surface area (TPSA) is 114 Å². The summed E-state index contributed by atoms with van der Waals surface area (Å²) >= 11 is 0. The van der Waals surface area contributed by atoms with Crippen LogP contribution < -0.4 is 15.4 Å². The first-order valence-electron chi connectivity index (χ1n) is 11.3. The molecule has 8 nitrogen and oxygen atoms in total. The molecule has 182 valence electrons. The summed E-state index contributed by atoms with van der Waals surface area (Å²) in [4.78, 5) is 25.6. The maximum absolute atomic E-state index is 12.8. The van der Waals surface area contributed by atoms with Crippen LogP contribution in [0.25, 0.3) is 0 Å². The first-order chi connectivity index (χ1) is 16.8. The second-order valence-electron chi connectivity index (χ2n) is 8.34. The summed E-state index contributed by atoms with van der Waals surface area (Å²) in [6.07, 6.45) is 1.91. The van der Waals surface area contributed by atoms with Crippen LogP contribution in [0.3, 0.4) is 0 Å². The largest absolute Gasteiger partial charge is 0.376 e. The Labute approximate surface area is 204 Å². The summed E-state index contributed by atoms with van der Waals surface area (Å²) in [5.74, 6) is -0.713. The summed E-state index contributed by atoms with van der Waals surface area (Å²) < 4.78 is 33.2. The minimum absolute atomic E-state index is 0.0163. The highest BCUT2D eigenvalue weighted by Crippen LogP contribution is 2.20. The number of amides is 2. The van der Waals surface area contributed by atoms with Gasteiger partial charge in [0.25, 0.3) is 21.8 Å². The van der Waals surface area contributed by atoms with E-state index in [0.29, 0.717) is 35.7 Å². The fraction of sp³-hybridized carbons (Fsp3) is 0.231. The van der Waals surface area contributed by atoms with Crippen molar-refractivity contribution in [3.8, 4) is 0 Å². The fourth-order valence-electron chi connectivity index (χ4n) is 3.71. The molecule has 0 radical (unpaired) electrons. The van der Waals surface area contributed by atoms with Crippen molar-refractivity contribution in [3.05, 3.63) is 89.5 Å². The van der Waals surface area contributed by atoms with Gasteiger partial charge < -0.3 is 15.4 Å². The van der Waals surface area contributed by atoms with E-state index in [-0.39, 0.29) is 16.9 Å². The summed E-state index contributed by atoms with van der Waals surface area (Å²) in [5.41, 5.74) is 2.34. The zero-order chi connectivity index (χ0) is 24.8. The second kappa shape index (κ2) is 10.7. The highest BCUT2D eigenvalue weighted by Gasteiger charge is 2.19. The number of carbonyl (C=O) groups excluding carboxylic acids is 2. The second-order valence-corrected chi connectivity index (χ2v) is 10.0. The van der Waals surface area contributed by atoms with E-state index in [1.165, 1.54) is 36.4 Å². The van der Waals surface area contributed by atoms with Crippen LogP contribution in [0.5, 0.6) is 0 Å². The van der Waals surface area contributed by atoms with E-state index in [1.807, 2.05) is 6.92 Å². The average Bonchev–Trinajstić information content (AvgIpc) is 3.37. The van der Waals surface area contributed by atoms with Crippen LogP contribution in [0.2, 0.25) is 0 Å². The molecule has 0 unspecified atom stereocenters. The van der Waals surface area contributed by atoms with Crippen molar-refractivity contribution in [2.45, 2.75) is 30.8 Å². The third-order valence-corrected chi connectivity index (χ3v) is 7.06. The lowest BCUT2D eigenvalue weighted by Crippen LogP contribution is -2.32. The van der Waals surface area contributed by atoms with Gasteiger partial charge in [-0.25, -0.2) is 8.42 Å². The number of ether oxygens (including phenoxy) is 1. The van der Waals surface area contributed by atoms with Gasteiger partial charge in [-0.05, 0) is 68.3 Å². The van der Waals surface area contributed by atoms with Crippen molar-refractivity contribution in [3.63, 3.8) is 0 Å². The van der Waals surface area contributed by atoms with Crippen LogP contribution in [-0.2, 0) is 14.8 Å². The molecule has 3 N–H and O–H groups in total. The minimum atomic E-state index is -3.74. The monoisotopic (exact) mass is 493 g/mol. The Kier molecular flexibility index (Phi) is 7.48. The van der Waals surface area contributed by atoms with Gasteiger partial charge in [0, 0.05) is 24.4 Å². The van der Waals surface area contributed by atoms with Gasteiger partial charge in [-0.2, -0.15) is 0 Å². The maximum atomic E-state index is 12.8. The van der Waals surface area contributed by atoms with Crippen molar-refractivity contribution in [1.29, 1.82) is 0 Å². The molecule has 0 saturated carbocycles. The van der Waals surface area contributed by atoms with E-state index in [2.05, 4.69) is 15.4 Å². The first kappa shape index (κ1) is 24.4. The molecular weight excluding hydrogens is 466 g/mol. The van der Waals surface area contributed by atoms with Crippen molar-refractivity contribution >= 4 is 33.2 Å². The number of hydrogen-bond acceptors (Lipinski definition) is 5. The van der Waals surface area contributed by atoms with E-state index in [4.69, 9.17) is 4.74 Å². The molecular formula is C26H27N3O5S. The third-order valence-electron chi connectivity index (χ3n) is 5.66. The molecule has 0 bridgehead atoms. The van der Waals surface area contributed by atoms with E-state index >= 15 is 0 Å². The normalized spacial score (nSPS) is 15.4. The Morgan fingerprint density at radius 3 is 2.34 bits per heavy atom. The molecule has 1 fully saturated rings. The predicted octanol–water partition coefficient (Wildman–Crippen LogP) is 3.96. The molecule has 1 saturated heterocycles. The summed E-state index contributed by atoms with van der Waals surface area (Å²) in [7, 11) is -3.74. The lowest BCUT2D eigenvalue weighted by molar-refractivity contribution is 0.0858. The maximum Gasteiger partial charge on any atom is 0.261 e. The molecule has 9 heteroatoms. The average molecular weight is 494 g/mol. The molecule has 3 aromatic rings. The van der Waals surface area contributed by atoms with Crippen LogP contribution in [0.4, 0.5) is 11.4 Å². The van der Waals surface area contributed by atoms with Gasteiger partial charge in [0.05, 0.1) is 22.3 Å². The first-order valence-corrected chi connectivity index (χ1v) is 12.8.